The van der Waals surface area contributed by atoms with Gasteiger partial charge in [0.2, 0.25) is 5.91 Å². The van der Waals surface area contributed by atoms with Crippen molar-refractivity contribution < 1.29 is 9.53 Å². The van der Waals surface area contributed by atoms with Gasteiger partial charge in [-0.05, 0) is 51.1 Å². The summed E-state index contributed by atoms with van der Waals surface area (Å²) in [7, 11) is 1.87. The van der Waals surface area contributed by atoms with E-state index in [1.807, 2.05) is 31.3 Å². The molecular weight excluding hydrogens is 386 g/mol. The maximum absolute atomic E-state index is 12.4. The van der Waals surface area contributed by atoms with E-state index in [-0.39, 0.29) is 5.91 Å². The molecule has 1 rings (SSSR count). The van der Waals surface area contributed by atoms with E-state index < -0.39 is 0 Å². The number of nitrogens with two attached hydrogens (primary N) is 2. The van der Waals surface area contributed by atoms with E-state index in [2.05, 4.69) is 6.92 Å². The fraction of sp³-hybridized carbons (Fsp3) is 0.731. The molecule has 1 unspecified atom stereocenters. The molecule has 31 heavy (non-hydrogen) atoms. The lowest BCUT2D eigenvalue weighted by Crippen LogP contribution is -2.26. The Morgan fingerprint density at radius 1 is 0.968 bits per heavy atom. The van der Waals surface area contributed by atoms with Crippen LogP contribution in [0.25, 0.3) is 0 Å². The lowest BCUT2D eigenvalue weighted by Gasteiger charge is -2.19. The van der Waals surface area contributed by atoms with Gasteiger partial charge >= 0.3 is 0 Å². The molecule has 1 atom stereocenters. The molecule has 4 N–H and O–H groups in total. The Morgan fingerprint density at radius 3 is 2.39 bits per heavy atom. The summed E-state index contributed by atoms with van der Waals surface area (Å²) < 4.78 is 6.05. The molecule has 1 aromatic rings. The molecule has 0 radical (unpaired) electrons. The van der Waals surface area contributed by atoms with Crippen LogP contribution in [-0.4, -0.2) is 37.0 Å². The van der Waals surface area contributed by atoms with Crippen LogP contribution in [0, 0.1) is 0 Å². The van der Waals surface area contributed by atoms with E-state index in [1.165, 1.54) is 32.1 Å². The molecule has 0 aliphatic carbocycles. The maximum atomic E-state index is 12.4. The van der Waals surface area contributed by atoms with Crippen molar-refractivity contribution in [2.75, 3.05) is 20.2 Å². The van der Waals surface area contributed by atoms with Crippen molar-refractivity contribution in [1.82, 2.24) is 4.90 Å². The zero-order valence-electron chi connectivity index (χ0n) is 20.1. The van der Waals surface area contributed by atoms with Gasteiger partial charge < -0.3 is 21.1 Å². The number of carbonyl (C=O) groups excluding carboxylic acids is 1. The molecule has 0 heterocycles. The van der Waals surface area contributed by atoms with E-state index in [0.717, 1.165) is 56.3 Å². The minimum absolute atomic E-state index is 0.176. The van der Waals surface area contributed by atoms with Crippen molar-refractivity contribution in [3.05, 3.63) is 29.8 Å². The van der Waals surface area contributed by atoms with Crippen LogP contribution >= 0.6 is 0 Å². The first-order valence-electron chi connectivity index (χ1n) is 12.5. The number of benzene rings is 1. The SMILES string of the molecule is CCCCCCCC(N)CCCCOc1ccccc1CN(C)C(=O)CCCCCN. The third kappa shape index (κ3) is 13.4. The van der Waals surface area contributed by atoms with Gasteiger partial charge in [0, 0.05) is 31.6 Å². The monoisotopic (exact) mass is 433 g/mol. The summed E-state index contributed by atoms with van der Waals surface area (Å²) >= 11 is 0. The van der Waals surface area contributed by atoms with Crippen LogP contribution in [-0.2, 0) is 11.3 Å². The Bertz CT molecular complexity index is 580. The number of para-hydroxylation sites is 1. The van der Waals surface area contributed by atoms with E-state index in [9.17, 15) is 4.79 Å². The average molecular weight is 434 g/mol. The van der Waals surface area contributed by atoms with Crippen LogP contribution in [0.4, 0.5) is 0 Å². The van der Waals surface area contributed by atoms with Crippen molar-refractivity contribution in [2.45, 2.75) is 103 Å². The summed E-state index contributed by atoms with van der Waals surface area (Å²) in [5.74, 6) is 1.06. The molecule has 0 fully saturated rings. The number of carbonyl (C=O) groups is 1. The van der Waals surface area contributed by atoms with E-state index in [4.69, 9.17) is 16.2 Å². The Balaban J connectivity index is 2.27. The van der Waals surface area contributed by atoms with Crippen molar-refractivity contribution >= 4 is 5.91 Å². The van der Waals surface area contributed by atoms with Gasteiger partial charge in [-0.2, -0.15) is 0 Å². The Kier molecular flexibility index (Phi) is 16.0. The van der Waals surface area contributed by atoms with E-state index >= 15 is 0 Å². The summed E-state index contributed by atoms with van der Waals surface area (Å²) in [5.41, 5.74) is 12.8. The van der Waals surface area contributed by atoms with Crippen molar-refractivity contribution in [1.29, 1.82) is 0 Å². The van der Waals surface area contributed by atoms with Gasteiger partial charge in [-0.15, -0.1) is 0 Å². The van der Waals surface area contributed by atoms with E-state index in [0.29, 0.717) is 32.2 Å². The molecule has 0 saturated carbocycles. The molecule has 5 nitrogen and oxygen atoms in total. The van der Waals surface area contributed by atoms with Crippen LogP contribution in [0.3, 0.4) is 0 Å². The first-order chi connectivity index (χ1) is 15.1. The second kappa shape index (κ2) is 18.0. The highest BCUT2D eigenvalue weighted by molar-refractivity contribution is 5.75. The van der Waals surface area contributed by atoms with Crippen LogP contribution in [0.15, 0.2) is 24.3 Å². The molecule has 1 aromatic carbocycles. The topological polar surface area (TPSA) is 81.6 Å². The Hall–Kier alpha value is -1.59. The molecule has 0 saturated heterocycles. The van der Waals surface area contributed by atoms with Crippen LogP contribution in [0.1, 0.15) is 96.0 Å². The minimum Gasteiger partial charge on any atom is -0.493 e. The molecule has 1 amide bonds. The number of unbranched alkanes of at least 4 members (excludes halogenated alkanes) is 7. The predicted octanol–water partition coefficient (Wildman–Crippen LogP) is 5.40. The van der Waals surface area contributed by atoms with Crippen LogP contribution in [0.5, 0.6) is 5.75 Å². The van der Waals surface area contributed by atoms with Crippen LogP contribution in [0.2, 0.25) is 0 Å². The third-order valence-corrected chi connectivity index (χ3v) is 5.81. The highest BCUT2D eigenvalue weighted by Crippen LogP contribution is 2.21. The summed E-state index contributed by atoms with van der Waals surface area (Å²) in [4.78, 5) is 14.1. The smallest absolute Gasteiger partial charge is 0.222 e. The average Bonchev–Trinajstić information content (AvgIpc) is 2.77. The zero-order valence-corrected chi connectivity index (χ0v) is 20.1. The molecular formula is C26H47N3O2. The van der Waals surface area contributed by atoms with Gasteiger partial charge in [-0.1, -0.05) is 63.6 Å². The summed E-state index contributed by atoms with van der Waals surface area (Å²) in [5, 5.41) is 0. The van der Waals surface area contributed by atoms with Gasteiger partial charge in [0.05, 0.1) is 6.61 Å². The van der Waals surface area contributed by atoms with Crippen molar-refractivity contribution in [3.8, 4) is 5.75 Å². The lowest BCUT2D eigenvalue weighted by atomic mass is 10.0. The Labute approximate surface area is 190 Å². The number of hydrogen-bond donors (Lipinski definition) is 2. The van der Waals surface area contributed by atoms with Gasteiger partial charge in [-0.25, -0.2) is 0 Å². The number of amides is 1. The van der Waals surface area contributed by atoms with Crippen LogP contribution < -0.4 is 16.2 Å². The summed E-state index contributed by atoms with van der Waals surface area (Å²) in [6.07, 6.45) is 14.3. The van der Waals surface area contributed by atoms with Crippen molar-refractivity contribution in [3.63, 3.8) is 0 Å². The fourth-order valence-electron chi connectivity index (χ4n) is 3.75. The minimum atomic E-state index is 0.176. The Morgan fingerprint density at radius 2 is 1.65 bits per heavy atom. The van der Waals surface area contributed by atoms with E-state index in [1.54, 1.807) is 4.90 Å². The number of nitrogens with zero attached hydrogens (tertiary/aromatic N) is 1. The standard InChI is InChI=1S/C26H47N3O2/c1-3-4-5-6-8-16-24(28)17-12-14-21-31-25-18-11-10-15-23(25)22-29(2)26(30)19-9-7-13-20-27/h10-11,15,18,24H,3-9,12-14,16-17,19-22,27-28H2,1-2H3. The molecule has 5 heteroatoms. The predicted molar refractivity (Wildman–Crippen MR) is 131 cm³/mol. The molecule has 0 bridgehead atoms. The molecule has 0 aliphatic heterocycles. The molecule has 0 spiro atoms. The highest BCUT2D eigenvalue weighted by Gasteiger charge is 2.12. The van der Waals surface area contributed by atoms with Gasteiger partial charge in [0.25, 0.3) is 0 Å². The van der Waals surface area contributed by atoms with Gasteiger partial charge in [0.1, 0.15) is 5.75 Å². The zero-order chi connectivity index (χ0) is 22.7. The summed E-state index contributed by atoms with van der Waals surface area (Å²) in [6.45, 7) is 4.21. The number of rotatable bonds is 19. The molecule has 0 aromatic heterocycles. The molecule has 178 valence electrons. The number of ether oxygens (including phenoxy) is 1. The van der Waals surface area contributed by atoms with Crippen molar-refractivity contribution in [2.24, 2.45) is 11.5 Å². The second-order valence-corrected chi connectivity index (χ2v) is 8.76. The lowest BCUT2D eigenvalue weighted by molar-refractivity contribution is -0.130. The first-order valence-corrected chi connectivity index (χ1v) is 12.5. The number of hydrogen-bond acceptors (Lipinski definition) is 4. The largest absolute Gasteiger partial charge is 0.493 e. The highest BCUT2D eigenvalue weighted by atomic mass is 16.5. The fourth-order valence-corrected chi connectivity index (χ4v) is 3.75. The molecule has 0 aliphatic rings. The van der Waals surface area contributed by atoms with Gasteiger partial charge in [-0.3, -0.25) is 4.79 Å². The third-order valence-electron chi connectivity index (χ3n) is 5.81. The maximum Gasteiger partial charge on any atom is 0.222 e. The van der Waals surface area contributed by atoms with Gasteiger partial charge in [0.15, 0.2) is 0 Å². The quantitative estimate of drug-likeness (QED) is 0.286. The first kappa shape index (κ1) is 27.4. The summed E-state index contributed by atoms with van der Waals surface area (Å²) in [6, 6.07) is 8.35. The second-order valence-electron chi connectivity index (χ2n) is 8.76. The normalized spacial score (nSPS) is 12.0.